The average Bonchev–Trinajstić information content (AvgIpc) is 3.61. The van der Waals surface area contributed by atoms with Crippen LogP contribution < -0.4 is 0 Å². The lowest BCUT2D eigenvalue weighted by atomic mass is 9.89. The molecule has 0 spiro atoms. The molecule has 4 nitrogen and oxygen atoms in total. The predicted molar refractivity (Wildman–Crippen MR) is 229 cm³/mol. The minimum absolute atomic E-state index is 0.0876. The predicted octanol–water partition coefficient (Wildman–Crippen LogP) is 12.9. The number of aromatic nitrogens is 4. The summed E-state index contributed by atoms with van der Waals surface area (Å²) in [4.78, 5) is 15.5. The fourth-order valence-electron chi connectivity index (χ4n) is 8.34. The number of hydrogen-bond donors (Lipinski definition) is 0. The summed E-state index contributed by atoms with van der Waals surface area (Å²) in [7, 11) is 0. The van der Waals surface area contributed by atoms with Crippen LogP contribution in [0.25, 0.3) is 67.0 Å². The molecular weight excluding hydrogens is 669 g/mol. The molecule has 3 aliphatic rings. The van der Waals surface area contributed by atoms with Crippen molar-refractivity contribution in [3.8, 4) is 28.5 Å². The van der Waals surface area contributed by atoms with E-state index in [0.29, 0.717) is 11.6 Å². The van der Waals surface area contributed by atoms with E-state index in [1.807, 2.05) is 0 Å². The molecule has 0 aliphatic heterocycles. The summed E-state index contributed by atoms with van der Waals surface area (Å²) in [5.74, 6) is 2.27. The average molecular weight is 709 g/mol. The van der Waals surface area contributed by atoms with Gasteiger partial charge in [0.25, 0.3) is 0 Å². The Balaban J connectivity index is 1.13. The van der Waals surface area contributed by atoms with Crippen molar-refractivity contribution in [1.29, 1.82) is 0 Å². The molecule has 55 heavy (non-hydrogen) atoms. The first kappa shape index (κ1) is 33.0. The van der Waals surface area contributed by atoms with Crippen LogP contribution >= 0.6 is 0 Å². The molecular formula is C51H40N4. The maximum absolute atomic E-state index is 5.19. The third-order valence-corrected chi connectivity index (χ3v) is 11.1. The number of allylic oxidation sites excluding steroid dienone is 12. The van der Waals surface area contributed by atoms with E-state index in [4.69, 9.17) is 15.0 Å². The number of nitrogens with zero attached hydrogens (tertiary/aromatic N) is 4. The fraction of sp³-hybridized carbons (Fsp3) is 0.118. The molecule has 0 radical (unpaired) electrons. The van der Waals surface area contributed by atoms with Crippen LogP contribution in [0.2, 0.25) is 0 Å². The highest BCUT2D eigenvalue weighted by atomic mass is 15.0. The summed E-state index contributed by atoms with van der Waals surface area (Å²) in [6, 6.07) is 43.7. The van der Waals surface area contributed by atoms with Crippen LogP contribution in [0.15, 0.2) is 176 Å². The zero-order valence-corrected chi connectivity index (χ0v) is 30.6. The molecule has 264 valence electrons. The van der Waals surface area contributed by atoms with Gasteiger partial charge in [-0.05, 0) is 89.8 Å². The van der Waals surface area contributed by atoms with Crippen molar-refractivity contribution in [2.75, 3.05) is 0 Å². The summed E-state index contributed by atoms with van der Waals surface area (Å²) in [6.07, 6.45) is 25.0. The second-order valence-corrected chi connectivity index (χ2v) is 14.6. The third-order valence-electron chi connectivity index (χ3n) is 11.1. The summed E-state index contributed by atoms with van der Waals surface area (Å²) in [5.41, 5.74) is 13.2. The number of para-hydroxylation sites is 1. The Kier molecular flexibility index (Phi) is 8.57. The Morgan fingerprint density at radius 2 is 1.33 bits per heavy atom. The van der Waals surface area contributed by atoms with Crippen molar-refractivity contribution in [3.63, 3.8) is 0 Å². The van der Waals surface area contributed by atoms with Crippen LogP contribution in [0, 0.1) is 0 Å². The normalized spacial score (nSPS) is 16.7. The van der Waals surface area contributed by atoms with Crippen molar-refractivity contribution in [2.45, 2.75) is 38.0 Å². The van der Waals surface area contributed by atoms with Gasteiger partial charge in [-0.25, -0.2) is 15.0 Å². The highest BCUT2D eigenvalue weighted by molar-refractivity contribution is 6.15. The van der Waals surface area contributed by atoms with Gasteiger partial charge in [-0.15, -0.1) is 0 Å². The van der Waals surface area contributed by atoms with Crippen LogP contribution in [0.4, 0.5) is 0 Å². The lowest BCUT2D eigenvalue weighted by Crippen LogP contribution is -2.08. The minimum atomic E-state index is 0.0876. The molecule has 4 heteroatoms. The molecule has 2 aromatic heterocycles. The Bertz CT molecular complexity index is 2760. The lowest BCUT2D eigenvalue weighted by molar-refractivity contribution is 0.764. The van der Waals surface area contributed by atoms with Crippen LogP contribution in [-0.2, 0) is 0 Å². The molecule has 0 saturated carbocycles. The molecule has 0 saturated heterocycles. The van der Waals surface area contributed by atoms with Crippen LogP contribution in [-0.4, -0.2) is 19.5 Å². The van der Waals surface area contributed by atoms with Gasteiger partial charge in [-0.2, -0.15) is 0 Å². The summed E-state index contributed by atoms with van der Waals surface area (Å²) in [5, 5.41) is 2.49. The van der Waals surface area contributed by atoms with E-state index in [1.165, 1.54) is 49.7 Å². The molecule has 2 heterocycles. The molecule has 0 N–H and O–H groups in total. The zero-order chi connectivity index (χ0) is 36.6. The Morgan fingerprint density at radius 1 is 0.564 bits per heavy atom. The van der Waals surface area contributed by atoms with Gasteiger partial charge in [0.15, 0.2) is 11.6 Å². The van der Waals surface area contributed by atoms with Gasteiger partial charge >= 0.3 is 0 Å². The van der Waals surface area contributed by atoms with E-state index < -0.39 is 0 Å². The monoisotopic (exact) mass is 708 g/mol. The van der Waals surface area contributed by atoms with Gasteiger partial charge < -0.3 is 4.57 Å². The summed E-state index contributed by atoms with van der Waals surface area (Å²) in [6.45, 7) is 0. The Hall–Kier alpha value is -6.65. The van der Waals surface area contributed by atoms with E-state index in [9.17, 15) is 0 Å². The van der Waals surface area contributed by atoms with Crippen molar-refractivity contribution < 1.29 is 0 Å². The molecule has 1 atom stereocenters. The largest absolute Gasteiger partial charge is 0.309 e. The first-order valence-electron chi connectivity index (χ1n) is 19.4. The lowest BCUT2D eigenvalue weighted by Gasteiger charge is -2.16. The Labute approximate surface area is 322 Å². The SMILES string of the molecule is C1=CCCC(c2ccc(-c3nc(-c4ccc5c6c(C7=CC(c8ccccc8)=CCC7)cccc6n(-c6ccccc6)c5c4)nc(C4C=CC=CC4)n3)cc2)=C1. The van der Waals surface area contributed by atoms with Gasteiger partial charge in [0.1, 0.15) is 5.82 Å². The maximum Gasteiger partial charge on any atom is 0.163 e. The topological polar surface area (TPSA) is 43.6 Å². The molecule has 10 rings (SSSR count). The molecule has 0 fully saturated rings. The standard InChI is InChI=1S/C51H40N4/c1-5-15-35(16-6-1)37-27-29-39(30-28-37)50-52-49(38-19-9-3-10-20-38)53-51(54-50)42-31-32-45-47(34-42)55(43-23-11-4-12-24-43)46-26-14-25-44(48(45)46)41-22-13-21-40(33-41)36-17-7-2-8-18-36/h1-5,7-12,14-15,17-19,21,23-34,38H,6,13,16,20,22H2. The van der Waals surface area contributed by atoms with Crippen molar-refractivity contribution in [3.05, 3.63) is 199 Å². The second-order valence-electron chi connectivity index (χ2n) is 14.6. The van der Waals surface area contributed by atoms with Crippen LogP contribution in [0.3, 0.4) is 0 Å². The molecule has 5 aromatic carbocycles. The van der Waals surface area contributed by atoms with Crippen LogP contribution in [0.5, 0.6) is 0 Å². The quantitative estimate of drug-likeness (QED) is 0.166. The highest BCUT2D eigenvalue weighted by Gasteiger charge is 2.22. The van der Waals surface area contributed by atoms with Crippen molar-refractivity contribution in [2.24, 2.45) is 0 Å². The molecule has 7 aromatic rings. The van der Waals surface area contributed by atoms with E-state index >= 15 is 0 Å². The Morgan fingerprint density at radius 3 is 2.11 bits per heavy atom. The van der Waals surface area contributed by atoms with Crippen molar-refractivity contribution in [1.82, 2.24) is 19.5 Å². The first-order valence-corrected chi connectivity index (χ1v) is 19.4. The van der Waals surface area contributed by atoms with Gasteiger partial charge in [-0.3, -0.25) is 0 Å². The smallest absolute Gasteiger partial charge is 0.163 e. The molecule has 0 amide bonds. The molecule has 3 aliphatic carbocycles. The van der Waals surface area contributed by atoms with E-state index in [1.54, 1.807) is 0 Å². The second kappa shape index (κ2) is 14.3. The third kappa shape index (κ3) is 6.30. The molecule has 1 unspecified atom stereocenters. The number of hydrogen-bond acceptors (Lipinski definition) is 3. The van der Waals surface area contributed by atoms with Crippen LogP contribution in [0.1, 0.15) is 60.5 Å². The van der Waals surface area contributed by atoms with E-state index in [-0.39, 0.29) is 5.92 Å². The minimum Gasteiger partial charge on any atom is -0.309 e. The zero-order valence-electron chi connectivity index (χ0n) is 30.6. The van der Waals surface area contributed by atoms with E-state index in [2.05, 4.69) is 181 Å². The van der Waals surface area contributed by atoms with E-state index in [0.717, 1.165) is 60.3 Å². The van der Waals surface area contributed by atoms with Gasteiger partial charge in [0, 0.05) is 33.5 Å². The number of benzene rings is 5. The van der Waals surface area contributed by atoms with Gasteiger partial charge in [0.05, 0.1) is 11.0 Å². The van der Waals surface area contributed by atoms with Gasteiger partial charge in [-0.1, -0.05) is 152 Å². The summed E-state index contributed by atoms with van der Waals surface area (Å²) >= 11 is 0. The number of fused-ring (bicyclic) bond motifs is 3. The highest BCUT2D eigenvalue weighted by Crippen LogP contribution is 2.41. The number of rotatable bonds is 7. The molecule has 0 bridgehead atoms. The van der Waals surface area contributed by atoms with Gasteiger partial charge in [0.2, 0.25) is 0 Å². The summed E-state index contributed by atoms with van der Waals surface area (Å²) < 4.78 is 2.40. The van der Waals surface area contributed by atoms with Crippen molar-refractivity contribution >= 4 is 38.5 Å². The fourth-order valence-corrected chi connectivity index (χ4v) is 8.34. The first-order chi connectivity index (χ1) is 27.3. The maximum atomic E-state index is 5.19.